The van der Waals surface area contributed by atoms with E-state index in [4.69, 9.17) is 11.6 Å². The van der Waals surface area contributed by atoms with Crippen molar-refractivity contribution < 1.29 is 17.9 Å². The molecule has 0 unspecified atom stereocenters. The number of ether oxygens (including phenoxy) is 1. The van der Waals surface area contributed by atoms with Gasteiger partial charge in [-0.3, -0.25) is 0 Å². The molecule has 0 saturated heterocycles. The zero-order valence-corrected chi connectivity index (χ0v) is 11.7. The Morgan fingerprint density at radius 3 is 2.47 bits per heavy atom. The van der Waals surface area contributed by atoms with Crippen molar-refractivity contribution in [3.05, 3.63) is 0 Å². The summed E-state index contributed by atoms with van der Waals surface area (Å²) in [6.07, 6.45) is 0.595. The molecule has 0 spiro atoms. The first kappa shape index (κ1) is 16.5. The lowest BCUT2D eigenvalue weighted by atomic mass is 10.3. The Hall–Kier alpha value is -0.530. The van der Waals surface area contributed by atoms with Crippen LogP contribution in [0.1, 0.15) is 26.7 Å². The predicted molar refractivity (Wildman–Crippen MR) is 66.3 cm³/mol. The number of halogens is 1. The maximum Gasteiger partial charge on any atom is 0.421 e. The topological polar surface area (TPSA) is 75.7 Å². The highest BCUT2D eigenvalue weighted by atomic mass is 35.5. The second kappa shape index (κ2) is 8.54. The number of unbranched alkanes of at least 4 members (excludes halogenated alkanes) is 1. The fourth-order valence-corrected chi connectivity index (χ4v) is 2.52. The van der Waals surface area contributed by atoms with Gasteiger partial charge in [0.25, 0.3) is 0 Å². The molecule has 1 amide bonds. The average molecular weight is 287 g/mol. The molecule has 0 atom stereocenters. The quantitative estimate of drug-likeness (QED) is 0.683. The van der Waals surface area contributed by atoms with Gasteiger partial charge in [-0.2, -0.15) is 12.7 Å². The normalized spacial score (nSPS) is 11.5. The Morgan fingerprint density at radius 2 is 2.00 bits per heavy atom. The molecule has 17 heavy (non-hydrogen) atoms. The summed E-state index contributed by atoms with van der Waals surface area (Å²) in [5.41, 5.74) is 0. The van der Waals surface area contributed by atoms with Crippen LogP contribution in [0.4, 0.5) is 4.79 Å². The van der Waals surface area contributed by atoms with Crippen molar-refractivity contribution >= 4 is 27.9 Å². The summed E-state index contributed by atoms with van der Waals surface area (Å²) in [7, 11) is -3.85. The molecule has 0 saturated carbocycles. The van der Waals surface area contributed by atoms with Crippen molar-refractivity contribution in [3.8, 4) is 0 Å². The lowest BCUT2D eigenvalue weighted by molar-refractivity contribution is 0.158. The number of carbonyl (C=O) groups is 1. The summed E-state index contributed by atoms with van der Waals surface area (Å²) < 4.78 is 31.0. The Morgan fingerprint density at radius 1 is 1.35 bits per heavy atom. The molecule has 0 rings (SSSR count). The molecule has 0 aliphatic rings. The average Bonchev–Trinajstić information content (AvgIpc) is 2.23. The number of nitrogens with one attached hydrogen (secondary N) is 1. The van der Waals surface area contributed by atoms with E-state index in [1.807, 2.05) is 11.6 Å². The number of carbonyl (C=O) groups excluding carboxylic acids is 1. The highest BCUT2D eigenvalue weighted by Crippen LogP contribution is 2.02. The van der Waals surface area contributed by atoms with Crippen LogP contribution in [0, 0.1) is 0 Å². The minimum absolute atomic E-state index is 0.117. The van der Waals surface area contributed by atoms with Gasteiger partial charge in [-0.25, -0.2) is 9.52 Å². The maximum atomic E-state index is 11.8. The van der Waals surface area contributed by atoms with E-state index >= 15 is 0 Å². The molecule has 0 fully saturated rings. The standard InChI is InChI=1S/C9H19ClN2O4S/c1-3-5-7-12(8-6-10)17(14,15)11-9(13)16-4-2/h3-8H2,1-2H3,(H,11,13). The summed E-state index contributed by atoms with van der Waals surface area (Å²) in [4.78, 5) is 11.1. The van der Waals surface area contributed by atoms with Crippen LogP contribution in [0.15, 0.2) is 0 Å². The van der Waals surface area contributed by atoms with E-state index in [1.165, 1.54) is 0 Å². The first-order chi connectivity index (χ1) is 7.97. The molecule has 1 N–H and O–H groups in total. The minimum Gasteiger partial charge on any atom is -0.449 e. The van der Waals surface area contributed by atoms with Crippen LogP contribution in [-0.4, -0.2) is 44.4 Å². The number of rotatable bonds is 8. The molecule has 8 heteroatoms. The number of amides is 1. The number of nitrogens with zero attached hydrogens (tertiary/aromatic N) is 1. The van der Waals surface area contributed by atoms with Crippen LogP contribution >= 0.6 is 11.6 Å². The van der Waals surface area contributed by atoms with E-state index in [0.717, 1.165) is 10.7 Å². The zero-order chi connectivity index (χ0) is 13.3. The van der Waals surface area contributed by atoms with E-state index in [1.54, 1.807) is 6.92 Å². The van der Waals surface area contributed by atoms with Crippen LogP contribution in [0.5, 0.6) is 0 Å². The smallest absolute Gasteiger partial charge is 0.421 e. The number of hydrogen-bond donors (Lipinski definition) is 1. The zero-order valence-electron chi connectivity index (χ0n) is 10.1. The molecule has 0 aromatic carbocycles. The summed E-state index contributed by atoms with van der Waals surface area (Å²) in [5, 5.41) is 0. The van der Waals surface area contributed by atoms with Gasteiger partial charge in [-0.05, 0) is 13.3 Å². The summed E-state index contributed by atoms with van der Waals surface area (Å²) in [5.74, 6) is 0.174. The van der Waals surface area contributed by atoms with E-state index < -0.39 is 16.3 Å². The van der Waals surface area contributed by atoms with Gasteiger partial charge in [0.1, 0.15) is 0 Å². The molecule has 102 valence electrons. The van der Waals surface area contributed by atoms with Crippen molar-refractivity contribution in [2.75, 3.05) is 25.6 Å². The van der Waals surface area contributed by atoms with Gasteiger partial charge in [0.05, 0.1) is 6.61 Å². The van der Waals surface area contributed by atoms with E-state index in [-0.39, 0.29) is 19.0 Å². The Labute approximate surface area is 107 Å². The van der Waals surface area contributed by atoms with Crippen LogP contribution in [-0.2, 0) is 14.9 Å². The highest BCUT2D eigenvalue weighted by Gasteiger charge is 2.23. The predicted octanol–water partition coefficient (Wildman–Crippen LogP) is 1.32. The Kier molecular flexibility index (Phi) is 8.28. The Balaban J connectivity index is 4.53. The van der Waals surface area contributed by atoms with Crippen LogP contribution in [0.2, 0.25) is 0 Å². The monoisotopic (exact) mass is 286 g/mol. The molecule has 0 aliphatic heterocycles. The third-order valence-corrected chi connectivity index (χ3v) is 3.56. The van der Waals surface area contributed by atoms with Crippen molar-refractivity contribution in [2.45, 2.75) is 26.7 Å². The molecular weight excluding hydrogens is 268 g/mol. The van der Waals surface area contributed by atoms with Crippen molar-refractivity contribution in [3.63, 3.8) is 0 Å². The van der Waals surface area contributed by atoms with Crippen LogP contribution < -0.4 is 4.72 Å². The van der Waals surface area contributed by atoms with Crippen molar-refractivity contribution in [1.82, 2.24) is 9.03 Å². The van der Waals surface area contributed by atoms with E-state index in [9.17, 15) is 13.2 Å². The van der Waals surface area contributed by atoms with Gasteiger partial charge in [0, 0.05) is 19.0 Å². The molecule has 0 bridgehead atoms. The van der Waals surface area contributed by atoms with Crippen molar-refractivity contribution in [1.29, 1.82) is 0 Å². The lowest BCUT2D eigenvalue weighted by Gasteiger charge is -2.20. The number of alkyl halides is 1. The van der Waals surface area contributed by atoms with Crippen molar-refractivity contribution in [2.24, 2.45) is 0 Å². The number of hydrogen-bond acceptors (Lipinski definition) is 4. The summed E-state index contributed by atoms with van der Waals surface area (Å²) >= 11 is 5.53. The molecular formula is C9H19ClN2O4S. The lowest BCUT2D eigenvalue weighted by Crippen LogP contribution is -2.44. The minimum atomic E-state index is -3.85. The Bertz CT molecular complexity index is 321. The second-order valence-corrected chi connectivity index (χ2v) is 5.32. The third kappa shape index (κ3) is 6.70. The van der Waals surface area contributed by atoms with Gasteiger partial charge in [0.2, 0.25) is 0 Å². The van der Waals surface area contributed by atoms with E-state index in [0.29, 0.717) is 13.0 Å². The first-order valence-electron chi connectivity index (χ1n) is 5.48. The van der Waals surface area contributed by atoms with Crippen LogP contribution in [0.25, 0.3) is 0 Å². The highest BCUT2D eigenvalue weighted by molar-refractivity contribution is 7.87. The first-order valence-corrected chi connectivity index (χ1v) is 7.46. The molecule has 0 aromatic heterocycles. The van der Waals surface area contributed by atoms with Gasteiger partial charge >= 0.3 is 16.3 Å². The summed E-state index contributed by atoms with van der Waals surface area (Å²) in [6.45, 7) is 4.16. The molecule has 0 heterocycles. The molecule has 6 nitrogen and oxygen atoms in total. The fourth-order valence-electron chi connectivity index (χ4n) is 1.11. The molecule has 0 radical (unpaired) electrons. The largest absolute Gasteiger partial charge is 0.449 e. The van der Waals surface area contributed by atoms with E-state index in [2.05, 4.69) is 4.74 Å². The van der Waals surface area contributed by atoms with Gasteiger partial charge < -0.3 is 4.74 Å². The maximum absolute atomic E-state index is 11.8. The van der Waals surface area contributed by atoms with Gasteiger partial charge in [0.15, 0.2) is 0 Å². The SMILES string of the molecule is CCCCN(CCCl)S(=O)(=O)NC(=O)OCC. The fraction of sp³-hybridized carbons (Fsp3) is 0.889. The molecule has 0 aromatic rings. The molecule has 0 aliphatic carbocycles. The third-order valence-electron chi connectivity index (χ3n) is 1.92. The second-order valence-electron chi connectivity index (χ2n) is 3.27. The van der Waals surface area contributed by atoms with Gasteiger partial charge in [-0.1, -0.05) is 13.3 Å². The van der Waals surface area contributed by atoms with Crippen LogP contribution in [0.3, 0.4) is 0 Å². The summed E-state index contributed by atoms with van der Waals surface area (Å²) in [6, 6.07) is 0. The van der Waals surface area contributed by atoms with Gasteiger partial charge in [-0.15, -0.1) is 11.6 Å².